The first-order valence-corrected chi connectivity index (χ1v) is 36.9. The maximum Gasteiger partial charge on any atom is 0.160 e. The number of fused-ring (bicyclic) bond motifs is 22. The Morgan fingerprint density at radius 1 is 0.236 bits per heavy atom. The molecule has 4 aromatic heterocycles. The predicted octanol–water partition coefficient (Wildman–Crippen LogP) is 23.8. The van der Waals surface area contributed by atoms with Crippen molar-refractivity contribution in [1.29, 1.82) is 0 Å². The van der Waals surface area contributed by atoms with Crippen LogP contribution in [0.3, 0.4) is 0 Å². The lowest BCUT2D eigenvalue weighted by Crippen LogP contribution is -2.44. The molecule has 2 unspecified atom stereocenters. The molecule has 498 valence electrons. The average molecular weight is 1350 g/mol. The molecule has 2 aliphatic heterocycles. The van der Waals surface area contributed by atoms with E-state index in [9.17, 15) is 0 Å². The summed E-state index contributed by atoms with van der Waals surface area (Å²) in [5.74, 6) is 1.38. The third kappa shape index (κ3) is 8.05. The van der Waals surface area contributed by atoms with Gasteiger partial charge in [-0.25, -0.2) is 19.9 Å². The highest BCUT2D eigenvalue weighted by molar-refractivity contribution is 6.18. The van der Waals surface area contributed by atoms with Crippen LogP contribution in [0.1, 0.15) is 94.5 Å². The Hall–Kier alpha value is -13.2. The monoisotopic (exact) mass is 1350 g/mol. The Morgan fingerprint density at radius 3 is 1.24 bits per heavy atom. The Bertz CT molecular complexity index is 6720. The van der Waals surface area contributed by atoms with Crippen LogP contribution in [-0.4, -0.2) is 29.1 Å². The lowest BCUT2D eigenvalue weighted by atomic mass is 9.52. The summed E-state index contributed by atoms with van der Waals surface area (Å²) >= 11 is 0. The molecule has 14 aromatic carbocycles. The molecule has 0 saturated carbocycles. The van der Waals surface area contributed by atoms with E-state index in [1.807, 2.05) is 0 Å². The minimum absolute atomic E-state index is 0.454. The van der Waals surface area contributed by atoms with Crippen LogP contribution in [0, 0.1) is 0 Å². The number of hydrogen-bond donors (Lipinski definition) is 0. The van der Waals surface area contributed by atoms with Crippen molar-refractivity contribution in [3.63, 3.8) is 0 Å². The van der Waals surface area contributed by atoms with Gasteiger partial charge < -0.3 is 9.13 Å². The van der Waals surface area contributed by atoms with Crippen LogP contribution in [0.25, 0.3) is 134 Å². The quantitative estimate of drug-likeness (QED) is 0.160. The van der Waals surface area contributed by atoms with E-state index in [0.717, 1.165) is 78.5 Å². The van der Waals surface area contributed by atoms with Crippen molar-refractivity contribution in [2.45, 2.75) is 49.4 Å². The summed E-state index contributed by atoms with van der Waals surface area (Å²) in [6.07, 6.45) is 0. The lowest BCUT2D eigenvalue weighted by Gasteiger charge is -2.50. The first-order valence-electron chi connectivity index (χ1n) is 36.9. The molecule has 22 rings (SSSR count). The van der Waals surface area contributed by atoms with Crippen molar-refractivity contribution in [1.82, 2.24) is 29.1 Å². The van der Waals surface area contributed by atoms with Gasteiger partial charge in [-0.2, -0.15) is 0 Å². The van der Waals surface area contributed by atoms with E-state index in [2.05, 4.69) is 377 Å². The van der Waals surface area contributed by atoms with Crippen LogP contribution in [0.2, 0.25) is 0 Å². The van der Waals surface area contributed by atoms with Gasteiger partial charge in [-0.1, -0.05) is 325 Å². The van der Waals surface area contributed by atoms with Gasteiger partial charge in [0, 0.05) is 65.8 Å². The molecule has 2 aliphatic carbocycles. The van der Waals surface area contributed by atoms with Crippen LogP contribution in [-0.2, 0) is 21.7 Å². The molecule has 0 N–H and O–H groups in total. The summed E-state index contributed by atoms with van der Waals surface area (Å²) in [6.45, 7) is 9.64. The maximum atomic E-state index is 5.85. The van der Waals surface area contributed by atoms with Gasteiger partial charge in [-0.3, -0.25) is 0 Å². The molecule has 18 aromatic rings. The second-order valence-electron chi connectivity index (χ2n) is 30.2. The second kappa shape index (κ2) is 22.2. The molecule has 106 heavy (non-hydrogen) atoms. The van der Waals surface area contributed by atoms with Crippen LogP contribution in [0.15, 0.2) is 340 Å². The molecule has 0 amide bonds. The highest BCUT2D eigenvalue weighted by Gasteiger charge is 2.56. The standard InChI is InChI=1S/C100H68N6/c1-97(2)72-44-15-17-46-74(72)99(78-50-26-41-69(91(78)97)85-60-83(62-32-10-6-11-33-62)101-95(104-85)63-34-12-7-13-35-63)77-49-20-23-56-88(77)106-89-57-29-39-66(90(89)70-42-27-53-81(99)94(70)106)64-36-24-37-65(58-64)84-59-82(61-30-8-5-9-31-61)102-96(103-84)71-43-28-51-79-92(71)98(3,4)73-45-16-18-47-75(73)100(79)76-48-19-22-55-87(76)105-86-54-21-14-38-67(86)68-40-25-52-80(100)93(68)105/h5-60H,1-4H3. The van der Waals surface area contributed by atoms with Crippen LogP contribution in [0.5, 0.6) is 0 Å². The van der Waals surface area contributed by atoms with E-state index in [1.54, 1.807) is 0 Å². The number of para-hydroxylation sites is 5. The van der Waals surface area contributed by atoms with E-state index < -0.39 is 21.7 Å². The molecular weight excluding hydrogens is 1290 g/mol. The van der Waals surface area contributed by atoms with Gasteiger partial charge in [-0.05, 0) is 120 Å². The van der Waals surface area contributed by atoms with Gasteiger partial charge >= 0.3 is 0 Å². The van der Waals surface area contributed by atoms with Crippen molar-refractivity contribution >= 4 is 43.6 Å². The summed E-state index contributed by atoms with van der Waals surface area (Å²) in [5, 5.41) is 4.90. The number of benzene rings is 14. The van der Waals surface area contributed by atoms with Gasteiger partial charge in [0.1, 0.15) is 0 Å². The highest BCUT2D eigenvalue weighted by Crippen LogP contribution is 2.64. The zero-order valence-corrected chi connectivity index (χ0v) is 59.0. The fourth-order valence-electron chi connectivity index (χ4n) is 20.0. The average Bonchev–Trinajstić information content (AvgIpc) is 1.18. The summed E-state index contributed by atoms with van der Waals surface area (Å²) in [4.78, 5) is 22.4. The molecule has 2 atom stereocenters. The molecule has 0 bridgehead atoms. The summed E-state index contributed by atoms with van der Waals surface area (Å²) in [5.41, 5.74) is 31.8. The summed E-state index contributed by atoms with van der Waals surface area (Å²) in [6, 6.07) is 126. The fraction of sp³-hybridized carbons (Fsp3) is 0.0800. The van der Waals surface area contributed by atoms with Crippen molar-refractivity contribution in [2.75, 3.05) is 0 Å². The number of nitrogens with zero attached hydrogens (tertiary/aromatic N) is 6. The van der Waals surface area contributed by atoms with Gasteiger partial charge in [0.15, 0.2) is 11.6 Å². The Kier molecular flexibility index (Phi) is 12.6. The summed E-state index contributed by atoms with van der Waals surface area (Å²) < 4.78 is 5.10. The Balaban J connectivity index is 0.744. The van der Waals surface area contributed by atoms with E-state index >= 15 is 0 Å². The zero-order valence-electron chi connectivity index (χ0n) is 59.0. The number of rotatable bonds is 7. The van der Waals surface area contributed by atoms with Crippen molar-refractivity contribution in [3.8, 4) is 90.3 Å². The van der Waals surface area contributed by atoms with Crippen molar-refractivity contribution in [2.24, 2.45) is 0 Å². The van der Waals surface area contributed by atoms with Gasteiger partial charge in [0.25, 0.3) is 0 Å². The van der Waals surface area contributed by atoms with Crippen LogP contribution >= 0.6 is 0 Å². The molecule has 0 fully saturated rings. The topological polar surface area (TPSA) is 61.4 Å². The molecule has 0 saturated heterocycles. The van der Waals surface area contributed by atoms with Crippen LogP contribution < -0.4 is 0 Å². The largest absolute Gasteiger partial charge is 0.309 e. The zero-order chi connectivity index (χ0) is 70.4. The molecule has 4 aliphatic rings. The first-order chi connectivity index (χ1) is 52.1. The number of hydrogen-bond acceptors (Lipinski definition) is 4. The third-order valence-electron chi connectivity index (χ3n) is 24.2. The molecule has 6 heteroatoms. The maximum absolute atomic E-state index is 5.85. The Labute approximate surface area is 615 Å². The van der Waals surface area contributed by atoms with Gasteiger partial charge in [0.05, 0.1) is 67.0 Å². The first kappa shape index (κ1) is 60.4. The second-order valence-corrected chi connectivity index (χ2v) is 30.2. The van der Waals surface area contributed by atoms with Gasteiger partial charge in [0.2, 0.25) is 0 Å². The number of aromatic nitrogens is 6. The molecule has 6 heterocycles. The predicted molar refractivity (Wildman–Crippen MR) is 432 cm³/mol. The molecular formula is C100H68N6. The minimum atomic E-state index is -0.746. The normalized spacial score (nSPS) is 16.5. The van der Waals surface area contributed by atoms with Crippen LogP contribution in [0.4, 0.5) is 0 Å². The third-order valence-corrected chi connectivity index (χ3v) is 24.2. The van der Waals surface area contributed by atoms with E-state index in [1.165, 1.54) is 111 Å². The Morgan fingerprint density at radius 2 is 0.613 bits per heavy atom. The fourth-order valence-corrected chi connectivity index (χ4v) is 20.0. The van der Waals surface area contributed by atoms with E-state index in [0.29, 0.717) is 11.6 Å². The van der Waals surface area contributed by atoms with Crippen molar-refractivity contribution < 1.29 is 0 Å². The highest BCUT2D eigenvalue weighted by atomic mass is 15.0. The van der Waals surface area contributed by atoms with E-state index in [4.69, 9.17) is 19.9 Å². The van der Waals surface area contributed by atoms with Crippen molar-refractivity contribution in [3.05, 3.63) is 406 Å². The molecule has 0 radical (unpaired) electrons. The van der Waals surface area contributed by atoms with Gasteiger partial charge in [-0.15, -0.1) is 0 Å². The smallest absolute Gasteiger partial charge is 0.160 e. The SMILES string of the molecule is CC1(C)c2ccccc2C2(c3ccccc3-n3c4ccccc4c4cccc2c43)c2cccc(-c3nc(-c4ccccc4)cc(-c4cccc(-c5cccc6c5c5cccc7c5n6-c5ccccc5C75c6ccccc6C(C)(C)c6c(-c7cc(-c8ccccc8)nc(-c8ccccc8)n7)cccc65)c4)n3)c21. The molecule has 6 nitrogen and oxygen atoms in total. The van der Waals surface area contributed by atoms with E-state index in [-0.39, 0.29) is 0 Å². The lowest BCUT2D eigenvalue weighted by molar-refractivity contribution is 0.557. The minimum Gasteiger partial charge on any atom is -0.309 e. The summed E-state index contributed by atoms with van der Waals surface area (Å²) in [7, 11) is 0. The molecule has 2 spiro atoms.